The molecule has 0 spiro atoms. The summed E-state index contributed by atoms with van der Waals surface area (Å²) >= 11 is 0. The van der Waals surface area contributed by atoms with Gasteiger partial charge in [0.15, 0.2) is 37.7 Å². The Morgan fingerprint density at radius 2 is 0.508 bits per heavy atom. The van der Waals surface area contributed by atoms with Crippen LogP contribution >= 0.6 is 0 Å². The third-order valence-corrected chi connectivity index (χ3v) is 12.4. The minimum Gasteiger partial charge on any atom is -0.394 e. The Hall–Kier alpha value is -0.960. The van der Waals surface area contributed by atoms with E-state index in [0.29, 0.717) is 0 Å². The first-order valence-corrected chi connectivity index (χ1v) is 20.9. The van der Waals surface area contributed by atoms with Crippen molar-refractivity contribution in [3.8, 4) is 0 Å². The van der Waals surface area contributed by atoms with Crippen LogP contribution in [-0.2, 0) is 56.8 Å². The molecule has 22 aliphatic rings. The van der Waals surface area contributed by atoms with Gasteiger partial charge >= 0.3 is 0 Å². The first kappa shape index (κ1) is 48.0. The third kappa shape index (κ3) is 11.0. The maximum atomic E-state index is 11.2. The van der Waals surface area contributed by atoms with Crippen LogP contribution in [-0.4, -0.2) is 249 Å². The van der Waals surface area contributed by atoms with Crippen LogP contribution in [0, 0.1) is 5.92 Å². The van der Waals surface area contributed by atoms with Crippen molar-refractivity contribution in [2.75, 3.05) is 46.2 Å². The molecule has 6 unspecified atom stereocenters. The molecule has 22 rings (SSSR count). The molecule has 0 aliphatic carbocycles. The van der Waals surface area contributed by atoms with Gasteiger partial charge in [0.05, 0.1) is 89.0 Å². The fourth-order valence-electron chi connectivity index (χ4n) is 9.17. The average molecular weight is 891 g/mol. The summed E-state index contributed by atoms with van der Waals surface area (Å²) in [6, 6.07) is 0. The third-order valence-electron chi connectivity index (χ3n) is 12.4. The first-order chi connectivity index (χ1) is 29.4. The Morgan fingerprint density at radius 1 is 0.279 bits per heavy atom. The van der Waals surface area contributed by atoms with E-state index in [2.05, 4.69) is 0 Å². The van der Waals surface area contributed by atoms with Crippen molar-refractivity contribution in [1.82, 2.24) is 0 Å². The van der Waals surface area contributed by atoms with Gasteiger partial charge in [-0.1, -0.05) is 0 Å². The molecule has 24 atom stereocenters. The zero-order valence-electron chi connectivity index (χ0n) is 33.3. The molecule has 12 bridgehead atoms. The van der Waals surface area contributed by atoms with Gasteiger partial charge in [0.1, 0.15) is 61.0 Å². The van der Waals surface area contributed by atoms with E-state index in [0.717, 1.165) is 0 Å². The molecule has 0 aromatic heterocycles. The van der Waals surface area contributed by atoms with Crippen molar-refractivity contribution in [3.05, 3.63) is 0 Å². The number of hydrogen-bond acceptors (Lipinski definition) is 24. The lowest BCUT2D eigenvalue weighted by atomic mass is 9.91. The molecule has 61 heavy (non-hydrogen) atoms. The highest BCUT2D eigenvalue weighted by Gasteiger charge is 2.51. The van der Waals surface area contributed by atoms with Crippen LogP contribution in [0.15, 0.2) is 0 Å². The second-order valence-corrected chi connectivity index (χ2v) is 16.5. The van der Waals surface area contributed by atoms with Gasteiger partial charge in [-0.3, -0.25) is 0 Å². The molecule has 22 fully saturated rings. The Bertz CT molecular complexity index is 1340. The zero-order valence-corrected chi connectivity index (χ0v) is 33.3. The van der Waals surface area contributed by atoms with Crippen LogP contribution in [0.25, 0.3) is 0 Å². The number of ether oxygens (including phenoxy) is 12. The molecule has 12 N–H and O–H groups in total. The summed E-state index contributed by atoms with van der Waals surface area (Å²) < 4.78 is 71.4. The van der Waals surface area contributed by atoms with Crippen molar-refractivity contribution in [2.24, 2.45) is 5.92 Å². The van der Waals surface area contributed by atoms with E-state index in [1.165, 1.54) is 0 Å². The van der Waals surface area contributed by atoms with Gasteiger partial charge in [-0.15, -0.1) is 0 Å². The van der Waals surface area contributed by atoms with E-state index in [1.54, 1.807) is 0 Å². The average Bonchev–Trinajstić information content (AvgIpc) is 3.23. The van der Waals surface area contributed by atoms with Gasteiger partial charge in [-0.2, -0.15) is 0 Å². The summed E-state index contributed by atoms with van der Waals surface area (Å²) in [6.07, 6.45) is -29.5. The van der Waals surface area contributed by atoms with Crippen LogP contribution in [0.5, 0.6) is 0 Å². The Kier molecular flexibility index (Phi) is 17.0. The molecular formula is C37H62O24. The zero-order chi connectivity index (χ0) is 43.5. The fourth-order valence-corrected chi connectivity index (χ4v) is 9.17. The standard InChI is InChI=1S/C37H62O24/c38-7-21-14-13-50-27-2-16(45)33(22(8-39)52-27)58-29-4-18(47)35(24(10-41)54-29)60-31-6-20(49)37(26(12-43)56-31)61-32-5-19(48)36(25(11-42)55-32)59-30-3-17(46)34(23(9-40)53-30)57-28(51-21)1-15(14)44/h14-49H,1-13H2/t14-,15+,16+,17+,18+,19+,20+,21+,22+,23+,24+,25+,26+,27?,28?,29?,30?,31?,32?,33-,34-,35-,36-,37-/m0/s1. The first-order valence-electron chi connectivity index (χ1n) is 20.9. The minimum atomic E-state index is -1.36. The molecule has 0 radical (unpaired) electrons. The molecule has 0 aromatic rings. The van der Waals surface area contributed by atoms with Crippen LogP contribution in [0.4, 0.5) is 0 Å². The normalized spacial score (nSPS) is 51.7. The topological polar surface area (TPSA) is 354 Å². The van der Waals surface area contributed by atoms with Crippen LogP contribution in [0.3, 0.4) is 0 Å². The minimum absolute atomic E-state index is 0.153. The summed E-state index contributed by atoms with van der Waals surface area (Å²) in [5, 5.41) is 129. The van der Waals surface area contributed by atoms with E-state index < -0.39 is 187 Å². The molecule has 0 saturated carbocycles. The lowest BCUT2D eigenvalue weighted by Crippen LogP contribution is -2.60. The van der Waals surface area contributed by atoms with Crippen LogP contribution < -0.4 is 0 Å². The molecule has 22 saturated heterocycles. The van der Waals surface area contributed by atoms with E-state index >= 15 is 0 Å². The van der Waals surface area contributed by atoms with Gasteiger partial charge in [-0.25, -0.2) is 0 Å². The van der Waals surface area contributed by atoms with E-state index in [9.17, 15) is 61.3 Å². The highest BCUT2D eigenvalue weighted by molar-refractivity contribution is 4.94. The smallest absolute Gasteiger partial charge is 0.161 e. The maximum absolute atomic E-state index is 11.2. The quantitative estimate of drug-likeness (QED) is 0.118. The molecule has 22 aliphatic heterocycles. The van der Waals surface area contributed by atoms with E-state index in [-0.39, 0.29) is 45.1 Å². The summed E-state index contributed by atoms with van der Waals surface area (Å²) in [5.74, 6) is -0.828. The molecular weight excluding hydrogens is 828 g/mol. The maximum Gasteiger partial charge on any atom is 0.161 e. The van der Waals surface area contributed by atoms with E-state index in [4.69, 9.17) is 56.8 Å². The summed E-state index contributed by atoms with van der Waals surface area (Å²) in [5.41, 5.74) is 0. The van der Waals surface area contributed by atoms with Crippen molar-refractivity contribution < 1.29 is 118 Å². The second-order valence-electron chi connectivity index (χ2n) is 16.5. The molecule has 22 heterocycles. The van der Waals surface area contributed by atoms with E-state index in [1.807, 2.05) is 0 Å². The van der Waals surface area contributed by atoms with Crippen molar-refractivity contribution in [3.63, 3.8) is 0 Å². The Morgan fingerprint density at radius 3 is 0.787 bits per heavy atom. The predicted octanol–water partition coefficient (Wildman–Crippen LogP) is -6.63. The molecule has 0 amide bonds. The van der Waals surface area contributed by atoms with Crippen LogP contribution in [0.2, 0.25) is 0 Å². The number of aliphatic hydroxyl groups excluding tert-OH is 12. The largest absolute Gasteiger partial charge is 0.394 e. The highest BCUT2D eigenvalue weighted by atomic mass is 16.8. The molecule has 0 aromatic carbocycles. The van der Waals surface area contributed by atoms with Gasteiger partial charge in [0.2, 0.25) is 0 Å². The highest BCUT2D eigenvalue weighted by Crippen LogP contribution is 2.37. The molecule has 354 valence electrons. The van der Waals surface area contributed by atoms with Gasteiger partial charge in [-0.05, 0) is 0 Å². The number of hydrogen-bond donors (Lipinski definition) is 12. The fraction of sp³-hybridized carbons (Fsp3) is 1.00. The summed E-state index contributed by atoms with van der Waals surface area (Å²) in [7, 11) is 0. The number of rotatable bonds is 6. The summed E-state index contributed by atoms with van der Waals surface area (Å²) in [6.45, 7) is -4.11. The molecule has 24 nitrogen and oxygen atoms in total. The molecule has 24 heteroatoms. The Labute approximate surface area is 350 Å². The van der Waals surface area contributed by atoms with Crippen LogP contribution in [0.1, 0.15) is 38.5 Å². The Balaban J connectivity index is 1.10. The monoisotopic (exact) mass is 890 g/mol. The van der Waals surface area contributed by atoms with Crippen molar-refractivity contribution in [1.29, 1.82) is 0 Å². The lowest BCUT2D eigenvalue weighted by molar-refractivity contribution is -0.358. The van der Waals surface area contributed by atoms with Crippen molar-refractivity contribution in [2.45, 2.75) is 180 Å². The van der Waals surface area contributed by atoms with Crippen molar-refractivity contribution >= 4 is 0 Å². The predicted molar refractivity (Wildman–Crippen MR) is 192 cm³/mol. The lowest BCUT2D eigenvalue weighted by Gasteiger charge is -2.47. The second kappa shape index (κ2) is 21.6. The van der Waals surface area contributed by atoms with Gasteiger partial charge < -0.3 is 118 Å². The SMILES string of the molecule is OC[C@H]1OC2C[C@@H](O)[C@@H]1COC1C[C@@H](O)[C@H](OC3C[C@@H](O)[C@H](OC4C[C@@H](O)[C@H](OC5C[C@@H](O)[C@H](OC6C[C@@H](O)[C@H](O2)[C@@H](CO)O6)[C@@H](CO)O5)[C@@H](CO)O4)[C@@H](CO)O3)[C@@H](CO)O1. The van der Waals surface area contributed by atoms with Gasteiger partial charge in [0.25, 0.3) is 0 Å². The summed E-state index contributed by atoms with van der Waals surface area (Å²) in [4.78, 5) is 0. The van der Waals surface area contributed by atoms with Gasteiger partial charge in [0, 0.05) is 44.4 Å². The number of aliphatic hydroxyl groups is 12.